The van der Waals surface area contributed by atoms with Crippen molar-refractivity contribution in [1.29, 1.82) is 0 Å². The molecule has 1 unspecified atom stereocenters. The van der Waals surface area contributed by atoms with E-state index in [0.29, 0.717) is 12.8 Å². The van der Waals surface area contributed by atoms with Crippen molar-refractivity contribution in [3.05, 3.63) is 60.8 Å². The number of aliphatic hydroxyl groups is 2. The molecule has 0 aliphatic carbocycles. The molecule has 306 valence electrons. The van der Waals surface area contributed by atoms with Crippen molar-refractivity contribution in [3.8, 4) is 0 Å². The second-order valence-corrected chi connectivity index (χ2v) is 14.8. The fourth-order valence-corrected chi connectivity index (χ4v) is 5.85. The van der Waals surface area contributed by atoms with Crippen molar-refractivity contribution in [2.75, 3.05) is 26.4 Å². The van der Waals surface area contributed by atoms with Gasteiger partial charge in [0.05, 0.1) is 19.8 Å². The van der Waals surface area contributed by atoms with E-state index in [1.807, 2.05) is 0 Å². The van der Waals surface area contributed by atoms with Gasteiger partial charge in [0.25, 0.3) is 0 Å². The summed E-state index contributed by atoms with van der Waals surface area (Å²) in [6.45, 7) is 2.19. The summed E-state index contributed by atoms with van der Waals surface area (Å²) in [7, 11) is -4.63. The third kappa shape index (κ3) is 37.8. The molecule has 0 radical (unpaired) electrons. The molecule has 0 saturated carbocycles. The van der Waals surface area contributed by atoms with Crippen LogP contribution in [0.4, 0.5) is 0 Å². The Kier molecular flexibility index (Phi) is 36.3. The maximum Gasteiger partial charge on any atom is 0.472 e. The Labute approximate surface area is 321 Å². The highest BCUT2D eigenvalue weighted by molar-refractivity contribution is 7.47. The van der Waals surface area contributed by atoms with Crippen LogP contribution in [-0.2, 0) is 32.7 Å². The molecule has 0 aromatic rings. The van der Waals surface area contributed by atoms with E-state index in [4.69, 9.17) is 19.1 Å². The number of allylic oxidation sites excluding steroid dienone is 10. The van der Waals surface area contributed by atoms with Crippen molar-refractivity contribution in [3.63, 3.8) is 0 Å². The summed E-state index contributed by atoms with van der Waals surface area (Å²) in [5, 5.41) is 18.3. The standard InChI is InChI=1S/C42H73O10P/c1-3-5-7-9-11-13-15-17-19-21-23-25-27-29-31-33-41(45)49-37-40(38-51-53(47,48)50-36-39(44)35-43)52-42(46)34-32-30-28-26-24-22-20-18-16-14-12-10-8-6-4-2/h6,8,12-15,17-20,39-40,43-44H,3-5,7,9-11,16,21-38H2,1-2H3,(H,47,48)/b8-6+,14-12+,15-13+,19-17+,20-18+/t39-,40+/m0/s1. The first-order chi connectivity index (χ1) is 25.7. The predicted octanol–water partition coefficient (Wildman–Crippen LogP) is 10.3. The summed E-state index contributed by atoms with van der Waals surface area (Å²) in [5.41, 5.74) is 0. The first-order valence-corrected chi connectivity index (χ1v) is 21.8. The van der Waals surface area contributed by atoms with Crippen LogP contribution in [0.3, 0.4) is 0 Å². The van der Waals surface area contributed by atoms with E-state index in [2.05, 4.69) is 79.1 Å². The van der Waals surface area contributed by atoms with Crippen molar-refractivity contribution >= 4 is 19.8 Å². The molecule has 0 aromatic carbocycles. The number of phosphoric ester groups is 1. The van der Waals surface area contributed by atoms with Crippen LogP contribution in [0.25, 0.3) is 0 Å². The second-order valence-electron chi connectivity index (χ2n) is 13.3. The first-order valence-electron chi connectivity index (χ1n) is 20.3. The molecule has 0 saturated heterocycles. The lowest BCUT2D eigenvalue weighted by Gasteiger charge is -2.20. The summed E-state index contributed by atoms with van der Waals surface area (Å²) in [4.78, 5) is 34.9. The zero-order valence-electron chi connectivity index (χ0n) is 33.0. The van der Waals surface area contributed by atoms with E-state index < -0.39 is 51.8 Å². The molecular weight excluding hydrogens is 695 g/mol. The first kappa shape index (κ1) is 50.7. The zero-order valence-corrected chi connectivity index (χ0v) is 33.9. The molecule has 10 nitrogen and oxygen atoms in total. The van der Waals surface area contributed by atoms with E-state index in [1.165, 1.54) is 25.7 Å². The maximum atomic E-state index is 12.6. The SMILES string of the molecule is CC/C=C/C/C=C/C/C=C/CCCCCCCC(=O)O[C@H](COC(=O)CCCCCCC/C=C/C=C/CCCCCC)COP(=O)(O)OC[C@@H](O)CO. The maximum absolute atomic E-state index is 12.6. The van der Waals surface area contributed by atoms with Gasteiger partial charge >= 0.3 is 19.8 Å². The smallest absolute Gasteiger partial charge is 0.462 e. The Hall–Kier alpha value is -2.33. The molecule has 3 atom stereocenters. The lowest BCUT2D eigenvalue weighted by Crippen LogP contribution is -2.29. The van der Waals surface area contributed by atoms with Gasteiger partial charge in [0.1, 0.15) is 12.7 Å². The predicted molar refractivity (Wildman–Crippen MR) is 214 cm³/mol. The highest BCUT2D eigenvalue weighted by atomic mass is 31.2. The number of ether oxygens (including phenoxy) is 2. The van der Waals surface area contributed by atoms with Crippen molar-refractivity contribution < 1.29 is 47.8 Å². The number of carbonyl (C=O) groups excluding carboxylic acids is 2. The van der Waals surface area contributed by atoms with Gasteiger partial charge in [-0.2, -0.15) is 0 Å². The monoisotopic (exact) mass is 768 g/mol. The number of esters is 2. The Bertz CT molecular complexity index is 1070. The summed E-state index contributed by atoms with van der Waals surface area (Å²) >= 11 is 0. The molecule has 11 heteroatoms. The van der Waals surface area contributed by atoms with Gasteiger partial charge in [-0.3, -0.25) is 18.6 Å². The average molecular weight is 769 g/mol. The lowest BCUT2D eigenvalue weighted by atomic mass is 10.1. The molecule has 0 bridgehead atoms. The zero-order chi connectivity index (χ0) is 39.1. The Balaban J connectivity index is 4.41. The highest BCUT2D eigenvalue weighted by Crippen LogP contribution is 2.43. The molecule has 0 aromatic heterocycles. The van der Waals surface area contributed by atoms with Gasteiger partial charge < -0.3 is 24.6 Å². The Morgan fingerprint density at radius 1 is 0.604 bits per heavy atom. The third-order valence-corrected chi connectivity index (χ3v) is 9.13. The quantitative estimate of drug-likeness (QED) is 0.0183. The minimum absolute atomic E-state index is 0.158. The van der Waals surface area contributed by atoms with Crippen LogP contribution in [0.2, 0.25) is 0 Å². The summed E-state index contributed by atoms with van der Waals surface area (Å²) in [6, 6.07) is 0. The van der Waals surface area contributed by atoms with Crippen molar-refractivity contribution in [2.24, 2.45) is 0 Å². The van der Waals surface area contributed by atoms with Gasteiger partial charge in [-0.25, -0.2) is 4.57 Å². The van der Waals surface area contributed by atoms with Crippen molar-refractivity contribution in [1.82, 2.24) is 0 Å². The lowest BCUT2D eigenvalue weighted by molar-refractivity contribution is -0.161. The van der Waals surface area contributed by atoms with E-state index >= 15 is 0 Å². The fraction of sp³-hybridized carbons (Fsp3) is 0.714. The van der Waals surface area contributed by atoms with Crippen LogP contribution < -0.4 is 0 Å². The van der Waals surface area contributed by atoms with E-state index in [-0.39, 0.29) is 19.4 Å². The molecule has 0 spiro atoms. The second kappa shape index (κ2) is 38.0. The summed E-state index contributed by atoms with van der Waals surface area (Å²) in [5.74, 6) is -0.968. The summed E-state index contributed by atoms with van der Waals surface area (Å²) < 4.78 is 32.6. The Morgan fingerprint density at radius 3 is 1.68 bits per heavy atom. The molecule has 3 N–H and O–H groups in total. The van der Waals surface area contributed by atoms with E-state index in [9.17, 15) is 24.2 Å². The molecule has 53 heavy (non-hydrogen) atoms. The fourth-order valence-electron chi connectivity index (χ4n) is 5.06. The van der Waals surface area contributed by atoms with E-state index in [1.54, 1.807) is 0 Å². The van der Waals surface area contributed by atoms with Crippen LogP contribution >= 0.6 is 7.82 Å². The van der Waals surface area contributed by atoms with Crippen LogP contribution in [-0.4, -0.2) is 65.7 Å². The number of aliphatic hydroxyl groups excluding tert-OH is 2. The molecule has 0 heterocycles. The Morgan fingerprint density at radius 2 is 1.09 bits per heavy atom. The van der Waals surface area contributed by atoms with Crippen LogP contribution in [0, 0.1) is 0 Å². The van der Waals surface area contributed by atoms with Crippen LogP contribution in [0.1, 0.15) is 155 Å². The number of phosphoric acid groups is 1. The number of carbonyl (C=O) groups is 2. The minimum Gasteiger partial charge on any atom is -0.462 e. The van der Waals surface area contributed by atoms with Crippen LogP contribution in [0.15, 0.2) is 60.8 Å². The molecular formula is C42H73O10P. The highest BCUT2D eigenvalue weighted by Gasteiger charge is 2.27. The number of unbranched alkanes of at least 4 members (excludes halogenated alkanes) is 14. The largest absolute Gasteiger partial charge is 0.472 e. The van der Waals surface area contributed by atoms with Gasteiger partial charge in [-0.15, -0.1) is 0 Å². The summed E-state index contributed by atoms with van der Waals surface area (Å²) in [6.07, 6.45) is 40.4. The number of hydrogen-bond acceptors (Lipinski definition) is 9. The van der Waals surface area contributed by atoms with Gasteiger partial charge in [-0.1, -0.05) is 132 Å². The molecule has 0 rings (SSSR count). The van der Waals surface area contributed by atoms with Crippen molar-refractivity contribution in [2.45, 2.75) is 167 Å². The minimum atomic E-state index is -4.63. The molecule has 0 aliphatic rings. The van der Waals surface area contributed by atoms with Crippen LogP contribution in [0.5, 0.6) is 0 Å². The number of hydrogen-bond donors (Lipinski definition) is 3. The molecule has 0 amide bonds. The molecule has 0 aliphatic heterocycles. The van der Waals surface area contributed by atoms with E-state index in [0.717, 1.165) is 89.9 Å². The third-order valence-electron chi connectivity index (χ3n) is 8.18. The topological polar surface area (TPSA) is 149 Å². The molecule has 0 fully saturated rings. The normalized spacial score (nSPS) is 14.6. The average Bonchev–Trinajstić information content (AvgIpc) is 3.14. The van der Waals surface area contributed by atoms with Gasteiger partial charge in [-0.05, 0) is 70.6 Å². The van der Waals surface area contributed by atoms with Gasteiger partial charge in [0.2, 0.25) is 0 Å². The van der Waals surface area contributed by atoms with Gasteiger partial charge in [0, 0.05) is 12.8 Å². The van der Waals surface area contributed by atoms with Gasteiger partial charge in [0.15, 0.2) is 6.10 Å². The number of rotatable bonds is 37.